The third kappa shape index (κ3) is 4.97. The standard InChI is InChI=1S/C22H28ClN3O2/c1-24-21(25-15-17-6-5-7-18(14-17)27-2)26-16-22(10-12-28-13-11-22)19-8-3-4-9-20(19)23/h3-9,14H,10-13,15-16H2,1-2H3,(H2,24,25,26). The molecule has 1 saturated heterocycles. The van der Waals surface area contributed by atoms with Crippen molar-refractivity contribution in [3.05, 3.63) is 64.7 Å². The van der Waals surface area contributed by atoms with Crippen LogP contribution in [0.2, 0.25) is 5.02 Å². The molecule has 0 spiro atoms. The maximum atomic E-state index is 6.54. The molecule has 2 aromatic carbocycles. The van der Waals surface area contributed by atoms with E-state index >= 15 is 0 Å². The van der Waals surface area contributed by atoms with Gasteiger partial charge in [-0.2, -0.15) is 0 Å². The van der Waals surface area contributed by atoms with Gasteiger partial charge in [0.25, 0.3) is 0 Å². The first-order chi connectivity index (χ1) is 13.7. The van der Waals surface area contributed by atoms with Gasteiger partial charge in [-0.25, -0.2) is 0 Å². The molecule has 0 radical (unpaired) electrons. The van der Waals surface area contributed by atoms with E-state index in [4.69, 9.17) is 21.1 Å². The lowest BCUT2D eigenvalue weighted by Gasteiger charge is -2.38. The molecule has 0 aromatic heterocycles. The molecule has 0 unspecified atom stereocenters. The molecule has 5 nitrogen and oxygen atoms in total. The second kappa shape index (κ2) is 9.80. The summed E-state index contributed by atoms with van der Waals surface area (Å²) in [7, 11) is 3.46. The van der Waals surface area contributed by atoms with Gasteiger partial charge in [0, 0.05) is 43.8 Å². The van der Waals surface area contributed by atoms with Crippen LogP contribution in [0.4, 0.5) is 0 Å². The molecule has 0 saturated carbocycles. The van der Waals surface area contributed by atoms with E-state index in [-0.39, 0.29) is 5.41 Å². The number of ether oxygens (including phenoxy) is 2. The summed E-state index contributed by atoms with van der Waals surface area (Å²) in [6.45, 7) is 2.89. The van der Waals surface area contributed by atoms with Gasteiger partial charge in [0.2, 0.25) is 0 Å². The number of guanidine groups is 1. The van der Waals surface area contributed by atoms with E-state index in [0.717, 1.165) is 54.9 Å². The van der Waals surface area contributed by atoms with Crippen LogP contribution in [-0.4, -0.2) is 39.9 Å². The Morgan fingerprint density at radius 3 is 2.64 bits per heavy atom. The first-order valence-electron chi connectivity index (χ1n) is 9.57. The van der Waals surface area contributed by atoms with E-state index in [0.29, 0.717) is 6.54 Å². The van der Waals surface area contributed by atoms with E-state index in [1.54, 1.807) is 14.2 Å². The van der Waals surface area contributed by atoms with Gasteiger partial charge >= 0.3 is 0 Å². The molecular formula is C22H28ClN3O2. The Kier molecular flexibility index (Phi) is 7.18. The number of nitrogens with one attached hydrogen (secondary N) is 2. The number of hydrogen-bond acceptors (Lipinski definition) is 3. The van der Waals surface area contributed by atoms with Gasteiger partial charge in [-0.05, 0) is 42.2 Å². The Morgan fingerprint density at radius 1 is 1.14 bits per heavy atom. The highest BCUT2D eigenvalue weighted by molar-refractivity contribution is 6.31. The molecule has 0 bridgehead atoms. The normalized spacial score (nSPS) is 16.5. The van der Waals surface area contributed by atoms with Gasteiger partial charge in [0.1, 0.15) is 5.75 Å². The number of benzene rings is 2. The van der Waals surface area contributed by atoms with Crippen molar-refractivity contribution in [2.75, 3.05) is 33.9 Å². The van der Waals surface area contributed by atoms with Gasteiger partial charge < -0.3 is 20.1 Å². The summed E-state index contributed by atoms with van der Waals surface area (Å²) in [5.41, 5.74) is 2.24. The fourth-order valence-corrected chi connectivity index (χ4v) is 3.97. The largest absolute Gasteiger partial charge is 0.497 e. The predicted octanol–water partition coefficient (Wildman–Crippen LogP) is 3.76. The zero-order chi connectivity index (χ0) is 19.8. The van der Waals surface area contributed by atoms with Crippen molar-refractivity contribution in [2.45, 2.75) is 24.8 Å². The fraction of sp³-hybridized carbons (Fsp3) is 0.409. The zero-order valence-electron chi connectivity index (χ0n) is 16.5. The molecule has 150 valence electrons. The first-order valence-corrected chi connectivity index (χ1v) is 9.95. The molecule has 6 heteroatoms. The Labute approximate surface area is 172 Å². The molecular weight excluding hydrogens is 374 g/mol. The zero-order valence-corrected chi connectivity index (χ0v) is 17.3. The van der Waals surface area contributed by atoms with Crippen molar-refractivity contribution in [3.8, 4) is 5.75 Å². The quantitative estimate of drug-likeness (QED) is 0.571. The predicted molar refractivity (Wildman–Crippen MR) is 114 cm³/mol. The van der Waals surface area contributed by atoms with Gasteiger partial charge in [-0.1, -0.05) is 41.9 Å². The lowest BCUT2D eigenvalue weighted by Crippen LogP contribution is -2.48. The minimum atomic E-state index is -0.0653. The Balaban J connectivity index is 1.67. The SMILES string of the molecule is CN=C(NCc1cccc(OC)c1)NCC1(c2ccccc2Cl)CCOCC1. The lowest BCUT2D eigenvalue weighted by atomic mass is 9.74. The minimum Gasteiger partial charge on any atom is -0.497 e. The highest BCUT2D eigenvalue weighted by Gasteiger charge is 2.36. The summed E-state index contributed by atoms with van der Waals surface area (Å²) < 4.78 is 10.9. The smallest absolute Gasteiger partial charge is 0.191 e. The first kappa shape index (κ1) is 20.5. The average molecular weight is 402 g/mol. The molecule has 1 heterocycles. The van der Waals surface area contributed by atoms with Crippen LogP contribution in [-0.2, 0) is 16.7 Å². The van der Waals surface area contributed by atoms with Crippen molar-refractivity contribution < 1.29 is 9.47 Å². The van der Waals surface area contributed by atoms with E-state index < -0.39 is 0 Å². The van der Waals surface area contributed by atoms with E-state index in [1.165, 1.54) is 5.56 Å². The fourth-order valence-electron chi connectivity index (χ4n) is 3.64. The summed E-state index contributed by atoms with van der Waals surface area (Å²) in [6, 6.07) is 16.1. The Hall–Kier alpha value is -2.24. The number of hydrogen-bond donors (Lipinski definition) is 2. The van der Waals surface area contributed by atoms with E-state index in [9.17, 15) is 0 Å². The average Bonchev–Trinajstić information content (AvgIpc) is 2.75. The summed E-state index contributed by atoms with van der Waals surface area (Å²) >= 11 is 6.54. The number of methoxy groups -OCH3 is 1. The molecule has 0 atom stereocenters. The molecule has 1 aliphatic heterocycles. The maximum absolute atomic E-state index is 6.54. The molecule has 28 heavy (non-hydrogen) atoms. The van der Waals surface area contributed by atoms with Crippen LogP contribution in [0.15, 0.2) is 53.5 Å². The topological polar surface area (TPSA) is 54.9 Å². The number of halogens is 1. The number of nitrogens with zero attached hydrogens (tertiary/aromatic N) is 1. The van der Waals surface area contributed by atoms with Crippen LogP contribution in [0.1, 0.15) is 24.0 Å². The van der Waals surface area contributed by atoms with Crippen molar-refractivity contribution in [1.29, 1.82) is 0 Å². The highest BCUT2D eigenvalue weighted by Crippen LogP contribution is 2.38. The lowest BCUT2D eigenvalue weighted by molar-refractivity contribution is 0.0514. The highest BCUT2D eigenvalue weighted by atomic mass is 35.5. The molecule has 1 aliphatic rings. The summed E-state index contributed by atoms with van der Waals surface area (Å²) in [5, 5.41) is 7.69. The number of aliphatic imine (C=N–C) groups is 1. The minimum absolute atomic E-state index is 0.0653. The van der Waals surface area contributed by atoms with Crippen molar-refractivity contribution >= 4 is 17.6 Å². The molecule has 3 rings (SSSR count). The second-order valence-electron chi connectivity index (χ2n) is 7.00. The van der Waals surface area contributed by atoms with Crippen LogP contribution >= 0.6 is 11.6 Å². The maximum Gasteiger partial charge on any atom is 0.191 e. The van der Waals surface area contributed by atoms with Gasteiger partial charge in [-0.3, -0.25) is 4.99 Å². The number of rotatable bonds is 6. The molecule has 0 amide bonds. The third-order valence-electron chi connectivity index (χ3n) is 5.31. The second-order valence-corrected chi connectivity index (χ2v) is 7.41. The summed E-state index contributed by atoms with van der Waals surface area (Å²) in [4.78, 5) is 4.38. The van der Waals surface area contributed by atoms with Crippen molar-refractivity contribution in [1.82, 2.24) is 10.6 Å². The van der Waals surface area contributed by atoms with Crippen LogP contribution in [0, 0.1) is 0 Å². The molecule has 1 fully saturated rings. The Morgan fingerprint density at radius 2 is 1.93 bits per heavy atom. The summed E-state index contributed by atoms with van der Waals surface area (Å²) in [6.07, 6.45) is 1.85. The Bertz CT molecular complexity index is 804. The monoisotopic (exact) mass is 401 g/mol. The van der Waals surface area contributed by atoms with Crippen LogP contribution in [0.3, 0.4) is 0 Å². The van der Waals surface area contributed by atoms with Gasteiger partial charge in [0.05, 0.1) is 7.11 Å². The molecule has 2 aromatic rings. The van der Waals surface area contributed by atoms with Crippen molar-refractivity contribution in [2.24, 2.45) is 4.99 Å². The van der Waals surface area contributed by atoms with Crippen LogP contribution < -0.4 is 15.4 Å². The molecule has 0 aliphatic carbocycles. The van der Waals surface area contributed by atoms with Crippen LogP contribution in [0.5, 0.6) is 5.75 Å². The third-order valence-corrected chi connectivity index (χ3v) is 5.64. The van der Waals surface area contributed by atoms with E-state index in [2.05, 4.69) is 27.8 Å². The summed E-state index contributed by atoms with van der Waals surface area (Å²) in [5.74, 6) is 1.61. The molecule has 2 N–H and O–H groups in total. The van der Waals surface area contributed by atoms with Gasteiger partial charge in [0.15, 0.2) is 5.96 Å². The van der Waals surface area contributed by atoms with Gasteiger partial charge in [-0.15, -0.1) is 0 Å². The van der Waals surface area contributed by atoms with E-state index in [1.807, 2.05) is 36.4 Å². The van der Waals surface area contributed by atoms with Crippen LogP contribution in [0.25, 0.3) is 0 Å². The van der Waals surface area contributed by atoms with Crippen molar-refractivity contribution in [3.63, 3.8) is 0 Å².